The van der Waals surface area contributed by atoms with Gasteiger partial charge in [-0.15, -0.1) is 11.6 Å². The maximum Gasteiger partial charge on any atom is 0.338 e. The lowest BCUT2D eigenvalue weighted by Gasteiger charge is -2.14. The van der Waals surface area contributed by atoms with Crippen LogP contribution in [0.2, 0.25) is 0 Å². The second-order valence-electron chi connectivity index (χ2n) is 3.77. The summed E-state index contributed by atoms with van der Waals surface area (Å²) in [5.74, 6) is -2.40. The van der Waals surface area contributed by atoms with Gasteiger partial charge in [-0.2, -0.15) is 0 Å². The molecule has 102 valence electrons. The number of carbonyl (C=O) groups is 3. The Morgan fingerprint density at radius 3 is 2.37 bits per heavy atom. The molecule has 0 amide bonds. The molecule has 0 heterocycles. The van der Waals surface area contributed by atoms with E-state index in [4.69, 9.17) is 21.4 Å². The van der Waals surface area contributed by atoms with Gasteiger partial charge >= 0.3 is 11.9 Å². The second kappa shape index (κ2) is 6.33. The average molecular weight is 285 g/mol. The molecule has 0 spiro atoms. The van der Waals surface area contributed by atoms with Crippen molar-refractivity contribution in [2.24, 2.45) is 0 Å². The number of esters is 1. The largest absolute Gasteiger partial charge is 0.478 e. The number of benzene rings is 1. The molecule has 1 atom stereocenters. The molecule has 1 N–H and O–H groups in total. The van der Waals surface area contributed by atoms with Crippen molar-refractivity contribution in [3.05, 3.63) is 34.9 Å². The van der Waals surface area contributed by atoms with Crippen LogP contribution in [0.3, 0.4) is 0 Å². The molecule has 0 bridgehead atoms. The SMILES string of the molecule is CCOC(=O)c1cccc(C(=O)O)c1C(Cl)C(C)=O. The van der Waals surface area contributed by atoms with Crippen LogP contribution in [-0.4, -0.2) is 29.4 Å². The smallest absolute Gasteiger partial charge is 0.338 e. The number of hydrogen-bond acceptors (Lipinski definition) is 4. The lowest BCUT2D eigenvalue weighted by molar-refractivity contribution is -0.116. The van der Waals surface area contributed by atoms with Crippen molar-refractivity contribution in [3.63, 3.8) is 0 Å². The maximum atomic E-state index is 11.8. The molecule has 0 aliphatic rings. The number of hydrogen-bond donors (Lipinski definition) is 1. The van der Waals surface area contributed by atoms with E-state index in [-0.39, 0.29) is 23.3 Å². The third kappa shape index (κ3) is 3.32. The molecular formula is C13H13ClO5. The van der Waals surface area contributed by atoms with E-state index in [9.17, 15) is 14.4 Å². The third-order valence-corrected chi connectivity index (χ3v) is 2.97. The monoisotopic (exact) mass is 284 g/mol. The molecule has 0 aromatic heterocycles. The van der Waals surface area contributed by atoms with Crippen LogP contribution in [0.15, 0.2) is 18.2 Å². The number of rotatable bonds is 5. The molecular weight excluding hydrogens is 272 g/mol. The highest BCUT2D eigenvalue weighted by molar-refractivity contribution is 6.32. The van der Waals surface area contributed by atoms with Crippen molar-refractivity contribution >= 4 is 29.3 Å². The molecule has 1 rings (SSSR count). The van der Waals surface area contributed by atoms with Crippen LogP contribution in [-0.2, 0) is 9.53 Å². The highest BCUT2D eigenvalue weighted by Crippen LogP contribution is 2.29. The number of carboxylic acids is 1. The first kappa shape index (κ1) is 15.2. The van der Waals surface area contributed by atoms with Crippen molar-refractivity contribution in [1.29, 1.82) is 0 Å². The topological polar surface area (TPSA) is 80.7 Å². The minimum absolute atomic E-state index is 0.00282. The highest BCUT2D eigenvalue weighted by atomic mass is 35.5. The minimum atomic E-state index is -1.26. The van der Waals surface area contributed by atoms with Crippen molar-refractivity contribution < 1.29 is 24.2 Å². The van der Waals surface area contributed by atoms with Gasteiger partial charge in [0.25, 0.3) is 0 Å². The summed E-state index contributed by atoms with van der Waals surface area (Å²) in [4.78, 5) is 34.3. The van der Waals surface area contributed by atoms with Gasteiger partial charge in [0.2, 0.25) is 0 Å². The first-order valence-corrected chi connectivity index (χ1v) is 6.01. The number of ether oxygens (including phenoxy) is 1. The summed E-state index contributed by atoms with van der Waals surface area (Å²) in [6.07, 6.45) is 0. The highest BCUT2D eigenvalue weighted by Gasteiger charge is 2.27. The summed E-state index contributed by atoms with van der Waals surface area (Å²) >= 11 is 5.92. The minimum Gasteiger partial charge on any atom is -0.478 e. The Hall–Kier alpha value is -1.88. The Kier molecular flexibility index (Phi) is 5.06. The Balaban J connectivity index is 3.46. The molecule has 0 saturated heterocycles. The fourth-order valence-electron chi connectivity index (χ4n) is 1.61. The quantitative estimate of drug-likeness (QED) is 0.663. The Bertz CT molecular complexity index is 524. The van der Waals surface area contributed by atoms with Gasteiger partial charge in [-0.05, 0) is 26.0 Å². The molecule has 1 aromatic carbocycles. The number of alkyl halides is 1. The van der Waals surface area contributed by atoms with Crippen LogP contribution in [0.4, 0.5) is 0 Å². The lowest BCUT2D eigenvalue weighted by atomic mass is 9.96. The van der Waals surface area contributed by atoms with E-state index in [0.717, 1.165) is 0 Å². The van der Waals surface area contributed by atoms with E-state index in [1.807, 2.05) is 0 Å². The molecule has 0 aliphatic heterocycles. The van der Waals surface area contributed by atoms with Gasteiger partial charge in [-0.25, -0.2) is 9.59 Å². The second-order valence-corrected chi connectivity index (χ2v) is 4.20. The van der Waals surface area contributed by atoms with E-state index in [1.54, 1.807) is 6.92 Å². The first-order chi connectivity index (χ1) is 8.90. The molecule has 1 aromatic rings. The molecule has 5 nitrogen and oxygen atoms in total. The van der Waals surface area contributed by atoms with E-state index in [1.165, 1.54) is 25.1 Å². The molecule has 0 aliphatic carbocycles. The average Bonchev–Trinajstić information content (AvgIpc) is 2.36. The summed E-state index contributed by atoms with van der Waals surface area (Å²) in [5.41, 5.74) is -0.208. The lowest BCUT2D eigenvalue weighted by Crippen LogP contribution is -2.16. The number of aromatic carboxylic acids is 1. The van der Waals surface area contributed by atoms with Crippen LogP contribution < -0.4 is 0 Å². The van der Waals surface area contributed by atoms with Gasteiger partial charge in [0.05, 0.1) is 17.7 Å². The van der Waals surface area contributed by atoms with Crippen molar-refractivity contribution in [2.75, 3.05) is 6.61 Å². The van der Waals surface area contributed by atoms with Crippen LogP contribution in [0.25, 0.3) is 0 Å². The number of ketones is 1. The Morgan fingerprint density at radius 2 is 1.89 bits per heavy atom. The Labute approximate surface area is 115 Å². The molecule has 0 fully saturated rings. The van der Waals surface area contributed by atoms with Gasteiger partial charge in [-0.3, -0.25) is 4.79 Å². The zero-order valence-corrected chi connectivity index (χ0v) is 11.2. The van der Waals surface area contributed by atoms with Gasteiger partial charge in [0.1, 0.15) is 5.38 Å². The van der Waals surface area contributed by atoms with Crippen molar-refractivity contribution in [2.45, 2.75) is 19.2 Å². The fraction of sp³-hybridized carbons (Fsp3) is 0.308. The number of carboxylic acid groups (broad SMARTS) is 1. The molecule has 1 unspecified atom stereocenters. The fourth-order valence-corrected chi connectivity index (χ4v) is 1.85. The summed E-state index contributed by atoms with van der Waals surface area (Å²) in [6.45, 7) is 3.00. The first-order valence-electron chi connectivity index (χ1n) is 5.58. The third-order valence-electron chi connectivity index (χ3n) is 2.44. The van der Waals surface area contributed by atoms with E-state index < -0.39 is 23.1 Å². The normalized spacial score (nSPS) is 11.7. The number of halogens is 1. The molecule has 19 heavy (non-hydrogen) atoms. The summed E-state index contributed by atoms with van der Waals surface area (Å²) in [5, 5.41) is 7.91. The summed E-state index contributed by atoms with van der Waals surface area (Å²) in [7, 11) is 0. The molecule has 0 saturated carbocycles. The zero-order valence-electron chi connectivity index (χ0n) is 10.5. The van der Waals surface area contributed by atoms with Crippen LogP contribution in [0.1, 0.15) is 45.5 Å². The molecule has 6 heteroatoms. The van der Waals surface area contributed by atoms with Crippen LogP contribution in [0.5, 0.6) is 0 Å². The molecule has 0 radical (unpaired) electrons. The van der Waals surface area contributed by atoms with Gasteiger partial charge in [0.15, 0.2) is 5.78 Å². The van der Waals surface area contributed by atoms with Crippen LogP contribution >= 0.6 is 11.6 Å². The number of Topliss-reactive ketones (excluding diaryl/α,β-unsaturated/α-hetero) is 1. The Morgan fingerprint density at radius 1 is 1.32 bits per heavy atom. The maximum absolute atomic E-state index is 11.8. The predicted octanol–water partition coefficient (Wildman–Crippen LogP) is 2.43. The number of carbonyl (C=O) groups excluding carboxylic acids is 2. The van der Waals surface area contributed by atoms with Gasteiger partial charge in [0, 0.05) is 5.56 Å². The zero-order chi connectivity index (χ0) is 14.6. The van der Waals surface area contributed by atoms with E-state index in [0.29, 0.717) is 0 Å². The van der Waals surface area contributed by atoms with E-state index in [2.05, 4.69) is 0 Å². The summed E-state index contributed by atoms with van der Waals surface area (Å²) in [6, 6.07) is 4.08. The standard InChI is InChI=1S/C13H13ClO5/c1-3-19-13(18)9-6-4-5-8(12(16)17)10(9)11(14)7(2)15/h4-6,11H,3H2,1-2H3,(H,16,17). The van der Waals surface area contributed by atoms with Crippen molar-refractivity contribution in [1.82, 2.24) is 0 Å². The van der Waals surface area contributed by atoms with Gasteiger partial charge < -0.3 is 9.84 Å². The van der Waals surface area contributed by atoms with Crippen LogP contribution in [0, 0.1) is 0 Å². The summed E-state index contributed by atoms with van der Waals surface area (Å²) < 4.78 is 4.83. The van der Waals surface area contributed by atoms with Gasteiger partial charge in [-0.1, -0.05) is 6.07 Å². The predicted molar refractivity (Wildman–Crippen MR) is 68.6 cm³/mol. The van der Waals surface area contributed by atoms with E-state index >= 15 is 0 Å². The van der Waals surface area contributed by atoms with Crippen molar-refractivity contribution in [3.8, 4) is 0 Å².